The summed E-state index contributed by atoms with van der Waals surface area (Å²) < 4.78 is 11.6. The highest BCUT2D eigenvalue weighted by molar-refractivity contribution is 6.44. The normalized spacial score (nSPS) is 11.7. The van der Waals surface area contributed by atoms with E-state index in [0.29, 0.717) is 28.1 Å². The number of nitrogens with one attached hydrogen (secondary N) is 1. The fourth-order valence-electron chi connectivity index (χ4n) is 3.00. The van der Waals surface area contributed by atoms with Crippen LogP contribution < -0.4 is 10.1 Å². The number of allylic oxidation sites excluding steroid dienone is 1. The fraction of sp³-hybridized carbons (Fsp3) is 0.227. The third kappa shape index (κ3) is 4.03. The maximum Gasteiger partial charge on any atom is 0.248 e. The summed E-state index contributed by atoms with van der Waals surface area (Å²) in [4.78, 5) is 12.5. The first-order valence-electron chi connectivity index (χ1n) is 8.92. The highest BCUT2D eigenvalue weighted by Crippen LogP contribution is 2.35. The number of hydrogen-bond acceptors (Lipinski definition) is 3. The smallest absolute Gasteiger partial charge is 0.248 e. The number of rotatable bonds is 5. The van der Waals surface area contributed by atoms with Crippen molar-refractivity contribution in [2.75, 3.05) is 11.9 Å². The van der Waals surface area contributed by atoms with Crippen molar-refractivity contribution in [1.29, 1.82) is 0 Å². The van der Waals surface area contributed by atoms with Gasteiger partial charge in [-0.25, -0.2) is 0 Å². The van der Waals surface area contributed by atoms with Gasteiger partial charge >= 0.3 is 0 Å². The minimum absolute atomic E-state index is 0.302. The number of aryl methyl sites for hydroxylation is 2. The molecule has 1 amide bonds. The molecule has 2 aromatic carbocycles. The Kier molecular flexibility index (Phi) is 6.01. The lowest BCUT2D eigenvalue weighted by Gasteiger charge is -2.12. The van der Waals surface area contributed by atoms with Gasteiger partial charge in [-0.1, -0.05) is 29.3 Å². The van der Waals surface area contributed by atoms with Crippen molar-refractivity contribution < 1.29 is 13.9 Å². The Morgan fingerprint density at radius 1 is 1.25 bits per heavy atom. The van der Waals surface area contributed by atoms with E-state index in [9.17, 15) is 4.79 Å². The van der Waals surface area contributed by atoms with Crippen LogP contribution in [-0.4, -0.2) is 12.5 Å². The average molecular weight is 418 g/mol. The van der Waals surface area contributed by atoms with Gasteiger partial charge in [-0.15, -0.1) is 0 Å². The van der Waals surface area contributed by atoms with Gasteiger partial charge in [-0.05, 0) is 57.0 Å². The molecule has 0 aliphatic heterocycles. The molecule has 3 rings (SSSR count). The number of anilines is 1. The van der Waals surface area contributed by atoms with Gasteiger partial charge in [0.1, 0.15) is 17.1 Å². The van der Waals surface area contributed by atoms with Gasteiger partial charge in [-0.2, -0.15) is 0 Å². The molecule has 1 heterocycles. The predicted octanol–water partition coefficient (Wildman–Crippen LogP) is 6.80. The van der Waals surface area contributed by atoms with E-state index in [1.807, 2.05) is 39.8 Å². The second kappa shape index (κ2) is 8.29. The molecular formula is C22H21Cl2NO3. The minimum Gasteiger partial charge on any atom is -0.493 e. The number of amides is 1. The number of carbonyl (C=O) groups is 1. The molecule has 28 heavy (non-hydrogen) atoms. The van der Waals surface area contributed by atoms with Gasteiger partial charge < -0.3 is 14.5 Å². The average Bonchev–Trinajstić information content (AvgIpc) is 2.92. The van der Waals surface area contributed by atoms with Crippen molar-refractivity contribution in [2.45, 2.75) is 27.7 Å². The number of hydrogen-bond donors (Lipinski definition) is 1. The SMILES string of the molecule is CCOc1cc2oc(C)c(C)c2cc1/C(C)=C/C(=O)Nc1cccc(Cl)c1Cl. The standard InChI is InChI=1S/C22H21Cl2NO3/c1-5-27-19-11-20-16(13(3)14(4)28-20)10-15(19)12(2)9-21(26)25-18-8-6-7-17(23)22(18)24/h6-11H,5H2,1-4H3,(H,25,26)/b12-9+. The molecule has 146 valence electrons. The Morgan fingerprint density at radius 2 is 2.00 bits per heavy atom. The lowest BCUT2D eigenvalue weighted by Crippen LogP contribution is -2.09. The highest BCUT2D eigenvalue weighted by atomic mass is 35.5. The number of fused-ring (bicyclic) bond motifs is 1. The Hall–Kier alpha value is -2.43. The molecule has 0 atom stereocenters. The summed E-state index contributed by atoms with van der Waals surface area (Å²) in [6, 6.07) is 8.96. The van der Waals surface area contributed by atoms with E-state index in [-0.39, 0.29) is 5.91 Å². The molecule has 0 bridgehead atoms. The molecule has 1 N–H and O–H groups in total. The molecule has 0 aliphatic carbocycles. The van der Waals surface area contributed by atoms with Crippen molar-refractivity contribution in [3.63, 3.8) is 0 Å². The fourth-order valence-corrected chi connectivity index (χ4v) is 3.34. The van der Waals surface area contributed by atoms with Crippen LogP contribution in [0.15, 0.2) is 40.8 Å². The number of ether oxygens (including phenoxy) is 1. The minimum atomic E-state index is -0.302. The van der Waals surface area contributed by atoms with Crippen LogP contribution >= 0.6 is 23.2 Å². The number of carbonyl (C=O) groups excluding carboxylic acids is 1. The summed E-state index contributed by atoms with van der Waals surface area (Å²) in [6.07, 6.45) is 1.52. The van der Waals surface area contributed by atoms with Gasteiger partial charge in [0.25, 0.3) is 0 Å². The van der Waals surface area contributed by atoms with E-state index < -0.39 is 0 Å². The van der Waals surface area contributed by atoms with E-state index >= 15 is 0 Å². The second-order valence-corrected chi connectivity index (χ2v) is 7.26. The Balaban J connectivity index is 1.97. The Morgan fingerprint density at radius 3 is 2.71 bits per heavy atom. The van der Waals surface area contributed by atoms with Gasteiger partial charge in [-0.3, -0.25) is 4.79 Å². The quantitative estimate of drug-likeness (QED) is 0.464. The largest absolute Gasteiger partial charge is 0.493 e. The predicted molar refractivity (Wildman–Crippen MR) is 116 cm³/mol. The van der Waals surface area contributed by atoms with Gasteiger partial charge in [0, 0.05) is 23.1 Å². The molecule has 0 aliphatic rings. The summed E-state index contributed by atoms with van der Waals surface area (Å²) in [7, 11) is 0. The van der Waals surface area contributed by atoms with Crippen molar-refractivity contribution in [1.82, 2.24) is 0 Å². The van der Waals surface area contributed by atoms with Crippen molar-refractivity contribution >= 4 is 51.3 Å². The van der Waals surface area contributed by atoms with Crippen LogP contribution in [0.2, 0.25) is 10.0 Å². The van der Waals surface area contributed by atoms with Gasteiger partial charge in [0.2, 0.25) is 5.91 Å². The van der Waals surface area contributed by atoms with Crippen LogP contribution in [0.5, 0.6) is 5.75 Å². The molecule has 0 saturated carbocycles. The highest BCUT2D eigenvalue weighted by Gasteiger charge is 2.15. The molecule has 0 spiro atoms. The second-order valence-electron chi connectivity index (χ2n) is 6.48. The third-order valence-electron chi connectivity index (χ3n) is 4.56. The van der Waals surface area contributed by atoms with E-state index in [1.54, 1.807) is 18.2 Å². The summed E-state index contributed by atoms with van der Waals surface area (Å²) >= 11 is 12.1. The lowest BCUT2D eigenvalue weighted by molar-refractivity contribution is -0.111. The third-order valence-corrected chi connectivity index (χ3v) is 5.38. The van der Waals surface area contributed by atoms with Crippen molar-refractivity contribution in [3.8, 4) is 5.75 Å². The zero-order valence-electron chi connectivity index (χ0n) is 16.2. The van der Waals surface area contributed by atoms with E-state index in [1.165, 1.54) is 6.08 Å². The maximum absolute atomic E-state index is 12.5. The summed E-state index contributed by atoms with van der Waals surface area (Å²) in [5.74, 6) is 1.24. The van der Waals surface area contributed by atoms with Crippen LogP contribution in [-0.2, 0) is 4.79 Å². The van der Waals surface area contributed by atoms with E-state index in [0.717, 1.165) is 33.4 Å². The van der Waals surface area contributed by atoms with Gasteiger partial charge in [0.05, 0.1) is 22.3 Å². The molecule has 6 heteroatoms. The summed E-state index contributed by atoms with van der Waals surface area (Å²) in [5.41, 5.74) is 3.90. The number of furan rings is 1. The zero-order chi connectivity index (χ0) is 20.4. The van der Waals surface area contributed by atoms with Crippen LogP contribution in [0.25, 0.3) is 16.5 Å². The Bertz CT molecular complexity index is 1080. The van der Waals surface area contributed by atoms with Crippen LogP contribution in [0.1, 0.15) is 30.7 Å². The first-order chi connectivity index (χ1) is 13.3. The first-order valence-corrected chi connectivity index (χ1v) is 9.67. The molecule has 4 nitrogen and oxygen atoms in total. The molecule has 3 aromatic rings. The zero-order valence-corrected chi connectivity index (χ0v) is 17.7. The molecular weight excluding hydrogens is 397 g/mol. The van der Waals surface area contributed by atoms with Gasteiger partial charge in [0.15, 0.2) is 0 Å². The molecule has 0 saturated heterocycles. The van der Waals surface area contributed by atoms with Crippen LogP contribution in [0.3, 0.4) is 0 Å². The first kappa shape index (κ1) is 20.3. The van der Waals surface area contributed by atoms with Crippen LogP contribution in [0.4, 0.5) is 5.69 Å². The Labute approximate surface area is 174 Å². The molecule has 0 fully saturated rings. The summed E-state index contributed by atoms with van der Waals surface area (Å²) in [5, 5.41) is 4.46. The topological polar surface area (TPSA) is 51.5 Å². The molecule has 0 radical (unpaired) electrons. The maximum atomic E-state index is 12.5. The van der Waals surface area contributed by atoms with Crippen LogP contribution in [0, 0.1) is 13.8 Å². The number of halogens is 2. The molecule has 0 unspecified atom stereocenters. The lowest BCUT2D eigenvalue weighted by atomic mass is 10.0. The van der Waals surface area contributed by atoms with E-state index in [2.05, 4.69) is 5.32 Å². The molecule has 1 aromatic heterocycles. The van der Waals surface area contributed by atoms with Crippen molar-refractivity contribution in [3.05, 3.63) is 63.3 Å². The van der Waals surface area contributed by atoms with Crippen molar-refractivity contribution in [2.24, 2.45) is 0 Å². The number of benzene rings is 2. The summed E-state index contributed by atoms with van der Waals surface area (Å²) in [6.45, 7) is 8.23. The van der Waals surface area contributed by atoms with E-state index in [4.69, 9.17) is 32.4 Å². The monoisotopic (exact) mass is 417 g/mol.